The van der Waals surface area contributed by atoms with Gasteiger partial charge in [0.05, 0.1) is 0 Å². The third-order valence-corrected chi connectivity index (χ3v) is 3.55. The van der Waals surface area contributed by atoms with Crippen molar-refractivity contribution >= 4 is 23.5 Å². The van der Waals surface area contributed by atoms with Crippen molar-refractivity contribution in [1.82, 2.24) is 10.6 Å². The molecule has 0 aromatic rings. The lowest BCUT2D eigenvalue weighted by atomic mass is 9.67. The number of alkyl halides is 1. The highest BCUT2D eigenvalue weighted by molar-refractivity contribution is 6.19. The molecule has 5 heteroatoms. The van der Waals surface area contributed by atoms with Gasteiger partial charge in [-0.05, 0) is 24.7 Å². The maximum atomic E-state index is 11.3. The molecule has 0 aromatic heterocycles. The van der Waals surface area contributed by atoms with Crippen LogP contribution in [0.25, 0.3) is 0 Å². The lowest BCUT2D eigenvalue weighted by Gasteiger charge is -2.41. The highest BCUT2D eigenvalue weighted by Crippen LogP contribution is 2.42. The van der Waals surface area contributed by atoms with E-state index < -0.39 is 6.03 Å². The number of hydrogen-bond acceptors (Lipinski definition) is 2. The summed E-state index contributed by atoms with van der Waals surface area (Å²) in [6.07, 6.45) is 4.82. The molecule has 0 aliphatic heterocycles. The summed E-state index contributed by atoms with van der Waals surface area (Å²) >= 11 is 5.39. The summed E-state index contributed by atoms with van der Waals surface area (Å²) in [5.74, 6) is -0.0930. The molecule has 1 saturated carbocycles. The second kappa shape index (κ2) is 6.09. The van der Waals surface area contributed by atoms with Crippen molar-refractivity contribution < 1.29 is 9.59 Å². The minimum atomic E-state index is -0.408. The van der Waals surface area contributed by atoms with Crippen LogP contribution in [0.5, 0.6) is 0 Å². The first kappa shape index (κ1) is 13.3. The first-order valence-corrected chi connectivity index (χ1v) is 6.29. The van der Waals surface area contributed by atoms with Crippen molar-refractivity contribution in [2.75, 3.05) is 12.4 Å². The normalized spacial score (nSPS) is 17.4. The fraction of sp³-hybridized carbons (Fsp3) is 0.818. The largest absolute Gasteiger partial charge is 0.337 e. The molecule has 0 saturated heterocycles. The molecule has 0 heterocycles. The van der Waals surface area contributed by atoms with E-state index in [9.17, 15) is 9.59 Å². The van der Waals surface area contributed by atoms with Crippen LogP contribution in [0.15, 0.2) is 0 Å². The number of hydrogen-bond donors (Lipinski definition) is 2. The quantitative estimate of drug-likeness (QED) is 0.730. The van der Waals surface area contributed by atoms with Crippen molar-refractivity contribution in [3.8, 4) is 0 Å². The summed E-state index contributed by atoms with van der Waals surface area (Å²) in [6.45, 7) is 2.79. The molecule has 0 spiro atoms. The number of nitrogens with one attached hydrogen (secondary N) is 2. The third-order valence-electron chi connectivity index (χ3n) is 3.36. The van der Waals surface area contributed by atoms with Gasteiger partial charge in [0.1, 0.15) is 0 Å². The van der Waals surface area contributed by atoms with Crippen LogP contribution in [0.2, 0.25) is 0 Å². The average Bonchev–Trinajstić information content (AvgIpc) is 2.17. The molecule has 1 aliphatic carbocycles. The fourth-order valence-corrected chi connectivity index (χ4v) is 2.09. The van der Waals surface area contributed by atoms with Crippen LogP contribution in [-0.4, -0.2) is 24.4 Å². The Morgan fingerprint density at radius 2 is 2.06 bits per heavy atom. The van der Waals surface area contributed by atoms with Gasteiger partial charge in [0, 0.05) is 18.8 Å². The summed E-state index contributed by atoms with van der Waals surface area (Å²) in [7, 11) is 0. The highest BCUT2D eigenvalue weighted by Gasteiger charge is 2.35. The van der Waals surface area contributed by atoms with Gasteiger partial charge in [-0.3, -0.25) is 10.1 Å². The van der Waals surface area contributed by atoms with Crippen LogP contribution in [0.4, 0.5) is 4.79 Å². The fourth-order valence-electron chi connectivity index (χ4n) is 1.92. The predicted molar refractivity (Wildman–Crippen MR) is 63.5 cm³/mol. The molecule has 4 nitrogen and oxygen atoms in total. The zero-order chi connectivity index (χ0) is 12.0. The first-order valence-electron chi connectivity index (χ1n) is 5.75. The van der Waals surface area contributed by atoms with Crippen molar-refractivity contribution in [2.24, 2.45) is 5.41 Å². The molecule has 2 N–H and O–H groups in total. The first-order chi connectivity index (χ1) is 7.62. The highest BCUT2D eigenvalue weighted by atomic mass is 35.5. The van der Waals surface area contributed by atoms with E-state index in [0.717, 1.165) is 6.42 Å². The predicted octanol–water partition coefficient (Wildman–Crippen LogP) is 2.02. The van der Waals surface area contributed by atoms with Crippen molar-refractivity contribution in [3.63, 3.8) is 0 Å². The van der Waals surface area contributed by atoms with E-state index in [1.807, 2.05) is 0 Å². The molecule has 0 radical (unpaired) electrons. The molecule has 3 amide bonds. The molecule has 0 bridgehead atoms. The van der Waals surface area contributed by atoms with Crippen molar-refractivity contribution in [1.29, 1.82) is 0 Å². The smallest absolute Gasteiger partial charge is 0.321 e. The molecule has 1 fully saturated rings. The number of rotatable bonds is 5. The second-order valence-electron chi connectivity index (χ2n) is 4.38. The summed E-state index contributed by atoms with van der Waals surface area (Å²) < 4.78 is 0. The Bertz CT molecular complexity index is 259. The van der Waals surface area contributed by atoms with Gasteiger partial charge in [-0.1, -0.05) is 13.3 Å². The van der Waals surface area contributed by atoms with Crippen LogP contribution in [0.3, 0.4) is 0 Å². The van der Waals surface area contributed by atoms with Crippen LogP contribution < -0.4 is 10.6 Å². The van der Waals surface area contributed by atoms with Gasteiger partial charge in [-0.15, -0.1) is 11.6 Å². The Kier molecular flexibility index (Phi) is 5.06. The number of halogens is 1. The van der Waals surface area contributed by atoms with Gasteiger partial charge in [0.15, 0.2) is 0 Å². The number of carbonyl (C=O) groups excluding carboxylic acids is 2. The molecule has 1 aliphatic rings. The van der Waals surface area contributed by atoms with E-state index >= 15 is 0 Å². The number of urea groups is 1. The lowest BCUT2D eigenvalue weighted by molar-refractivity contribution is -0.119. The molecule has 92 valence electrons. The number of imide groups is 1. The lowest BCUT2D eigenvalue weighted by Crippen LogP contribution is -2.46. The van der Waals surface area contributed by atoms with E-state index in [-0.39, 0.29) is 23.6 Å². The van der Waals surface area contributed by atoms with Crippen LogP contribution in [0, 0.1) is 5.41 Å². The molecule has 16 heavy (non-hydrogen) atoms. The van der Waals surface area contributed by atoms with Crippen LogP contribution in [-0.2, 0) is 4.79 Å². The number of carbonyl (C=O) groups is 2. The summed E-state index contributed by atoms with van der Waals surface area (Å²) in [5.41, 5.74) is 0.271. The molecular formula is C11H19ClN2O2. The van der Waals surface area contributed by atoms with Gasteiger partial charge in [-0.25, -0.2) is 4.79 Å². The maximum absolute atomic E-state index is 11.3. The molecule has 0 atom stereocenters. The van der Waals surface area contributed by atoms with Crippen LogP contribution in [0.1, 0.15) is 39.0 Å². The molecule has 0 unspecified atom stereocenters. The van der Waals surface area contributed by atoms with E-state index in [1.165, 1.54) is 19.3 Å². The molecule has 0 aromatic carbocycles. The van der Waals surface area contributed by atoms with E-state index in [1.54, 1.807) is 0 Å². The Morgan fingerprint density at radius 1 is 1.38 bits per heavy atom. The zero-order valence-electron chi connectivity index (χ0n) is 9.64. The van der Waals surface area contributed by atoms with Crippen molar-refractivity contribution in [2.45, 2.75) is 39.0 Å². The summed E-state index contributed by atoms with van der Waals surface area (Å²) in [5, 5.41) is 5.00. The Labute approximate surface area is 101 Å². The van der Waals surface area contributed by atoms with Gasteiger partial charge in [0.2, 0.25) is 5.91 Å². The van der Waals surface area contributed by atoms with E-state index in [4.69, 9.17) is 11.6 Å². The van der Waals surface area contributed by atoms with Gasteiger partial charge in [-0.2, -0.15) is 0 Å². The Morgan fingerprint density at radius 3 is 2.50 bits per heavy atom. The summed E-state index contributed by atoms with van der Waals surface area (Å²) in [6, 6.07) is -0.408. The van der Waals surface area contributed by atoms with Crippen molar-refractivity contribution in [3.05, 3.63) is 0 Å². The topological polar surface area (TPSA) is 58.2 Å². The second-order valence-corrected chi connectivity index (χ2v) is 4.75. The monoisotopic (exact) mass is 246 g/mol. The maximum Gasteiger partial charge on any atom is 0.321 e. The minimum absolute atomic E-state index is 0.175. The number of amides is 3. The average molecular weight is 247 g/mol. The zero-order valence-corrected chi connectivity index (χ0v) is 10.4. The summed E-state index contributed by atoms with van der Waals surface area (Å²) in [4.78, 5) is 22.4. The Balaban J connectivity index is 2.22. The van der Waals surface area contributed by atoms with Gasteiger partial charge in [0.25, 0.3) is 0 Å². The molecule has 1 rings (SSSR count). The van der Waals surface area contributed by atoms with Crippen LogP contribution >= 0.6 is 11.6 Å². The van der Waals surface area contributed by atoms with E-state index in [2.05, 4.69) is 17.6 Å². The van der Waals surface area contributed by atoms with Gasteiger partial charge < -0.3 is 5.32 Å². The van der Waals surface area contributed by atoms with Gasteiger partial charge >= 0.3 is 6.03 Å². The Hall–Kier alpha value is -0.770. The third kappa shape index (κ3) is 3.67. The minimum Gasteiger partial charge on any atom is -0.337 e. The van der Waals surface area contributed by atoms with E-state index in [0.29, 0.717) is 6.54 Å². The SMILES string of the molecule is CCC1(CNC(=O)NC(=O)CCCl)CCC1. The standard InChI is InChI=1S/C11H19ClN2O2/c1-2-11(5-3-6-11)8-13-10(16)14-9(15)4-7-12/h2-8H2,1H3,(H2,13,14,15,16). The molecular weight excluding hydrogens is 228 g/mol.